The third-order valence-electron chi connectivity index (χ3n) is 6.58. The van der Waals surface area contributed by atoms with E-state index in [2.05, 4.69) is 4.90 Å². The van der Waals surface area contributed by atoms with Gasteiger partial charge in [0, 0.05) is 25.2 Å². The Hall–Kier alpha value is -2.48. The highest BCUT2D eigenvalue weighted by Gasteiger charge is 2.19. The molecule has 8 heteroatoms. The molecule has 1 fully saturated rings. The second-order valence-corrected chi connectivity index (χ2v) is 9.46. The lowest BCUT2D eigenvalue weighted by Crippen LogP contribution is -2.34. The highest BCUT2D eigenvalue weighted by atomic mass is 35.5. The largest absolute Gasteiger partial charge is 0.497 e. The number of benzene rings is 2. The molecule has 0 saturated carbocycles. The zero-order valence-electron chi connectivity index (χ0n) is 20.7. The molecule has 0 unspecified atom stereocenters. The summed E-state index contributed by atoms with van der Waals surface area (Å²) >= 11 is 6.24. The first-order valence-corrected chi connectivity index (χ1v) is 12.6. The van der Waals surface area contributed by atoms with Crippen LogP contribution in [0.2, 0.25) is 5.02 Å². The smallest absolute Gasteiger partial charge is 0.166 e. The molecule has 7 nitrogen and oxygen atoms in total. The first-order valence-electron chi connectivity index (χ1n) is 12.2. The summed E-state index contributed by atoms with van der Waals surface area (Å²) in [6, 6.07) is 8.72. The minimum atomic E-state index is -0.00761. The van der Waals surface area contributed by atoms with Crippen LogP contribution in [-0.2, 0) is 6.61 Å². The number of nitrogens with zero attached hydrogens (tertiary/aromatic N) is 1. The van der Waals surface area contributed by atoms with Crippen LogP contribution in [0.15, 0.2) is 30.3 Å². The molecule has 0 aliphatic carbocycles. The van der Waals surface area contributed by atoms with Gasteiger partial charge in [-0.25, -0.2) is 0 Å². The summed E-state index contributed by atoms with van der Waals surface area (Å²) in [4.78, 5) is 15.5. The molecule has 0 atom stereocenters. The monoisotopic (exact) mass is 504 g/mol. The van der Waals surface area contributed by atoms with Crippen molar-refractivity contribution >= 4 is 23.1 Å². The Morgan fingerprint density at radius 2 is 1.77 bits per heavy atom. The number of likely N-dealkylation sites (tertiary alicyclic amines) is 1. The van der Waals surface area contributed by atoms with Crippen molar-refractivity contribution < 1.29 is 24.1 Å². The number of aliphatic hydroxyl groups is 1. The Labute approximate surface area is 213 Å². The predicted molar refractivity (Wildman–Crippen MR) is 139 cm³/mol. The van der Waals surface area contributed by atoms with Gasteiger partial charge in [-0.2, -0.15) is 0 Å². The number of nitrogen functional groups attached to an aromatic ring is 1. The van der Waals surface area contributed by atoms with Gasteiger partial charge in [-0.05, 0) is 81.4 Å². The number of carbonyl (C=O) groups excluding carboxylic acids is 1. The molecule has 2 aromatic rings. The van der Waals surface area contributed by atoms with Crippen molar-refractivity contribution in [3.05, 3.63) is 46.5 Å². The lowest BCUT2D eigenvalue weighted by atomic mass is 9.94. The number of anilines is 1. The van der Waals surface area contributed by atoms with Gasteiger partial charge in [0.2, 0.25) is 0 Å². The van der Waals surface area contributed by atoms with Gasteiger partial charge in [-0.3, -0.25) is 4.79 Å². The molecule has 1 aliphatic heterocycles. The minimum absolute atomic E-state index is 0.00761. The number of carbonyl (C=O) groups is 1. The number of aliphatic hydroxyl groups excluding tert-OH is 1. The van der Waals surface area contributed by atoms with E-state index in [0.717, 1.165) is 57.3 Å². The number of rotatable bonds is 13. The highest BCUT2D eigenvalue weighted by molar-refractivity contribution is 6.33. The van der Waals surface area contributed by atoms with Crippen molar-refractivity contribution in [1.82, 2.24) is 4.90 Å². The van der Waals surface area contributed by atoms with Crippen LogP contribution in [0.4, 0.5) is 5.69 Å². The Morgan fingerprint density at radius 3 is 2.40 bits per heavy atom. The third kappa shape index (κ3) is 8.02. The number of unbranched alkanes of at least 4 members (excludes halogenated alkanes) is 1. The summed E-state index contributed by atoms with van der Waals surface area (Å²) in [6.45, 7) is 3.63. The van der Waals surface area contributed by atoms with Gasteiger partial charge in [0.25, 0.3) is 0 Å². The topological polar surface area (TPSA) is 94.3 Å². The normalized spacial score (nSPS) is 14.6. The van der Waals surface area contributed by atoms with Gasteiger partial charge in [0.15, 0.2) is 5.78 Å². The summed E-state index contributed by atoms with van der Waals surface area (Å²) < 4.78 is 16.7. The zero-order chi connectivity index (χ0) is 25.2. The zero-order valence-corrected chi connectivity index (χ0v) is 21.5. The first-order chi connectivity index (χ1) is 16.9. The minimum Gasteiger partial charge on any atom is -0.497 e. The molecule has 0 amide bonds. The molecule has 3 N–H and O–H groups in total. The van der Waals surface area contributed by atoms with Crippen molar-refractivity contribution in [2.24, 2.45) is 5.92 Å². The number of hydrogen-bond donors (Lipinski definition) is 2. The summed E-state index contributed by atoms with van der Waals surface area (Å²) in [5, 5.41) is 9.45. The van der Waals surface area contributed by atoms with Crippen LogP contribution < -0.4 is 19.9 Å². The predicted octanol–water partition coefficient (Wildman–Crippen LogP) is 4.97. The number of nitrogens with two attached hydrogens (primary N) is 1. The molecular weight excluding hydrogens is 468 g/mol. The van der Waals surface area contributed by atoms with Crippen molar-refractivity contribution in [3.63, 3.8) is 0 Å². The average Bonchev–Trinajstić information content (AvgIpc) is 2.87. The van der Waals surface area contributed by atoms with E-state index >= 15 is 0 Å². The van der Waals surface area contributed by atoms with Crippen LogP contribution in [-0.4, -0.2) is 56.3 Å². The van der Waals surface area contributed by atoms with Crippen LogP contribution in [0.5, 0.6) is 17.2 Å². The van der Waals surface area contributed by atoms with Crippen molar-refractivity contribution in [2.45, 2.75) is 45.1 Å². The average molecular weight is 505 g/mol. The Balaban J connectivity index is 1.56. The second-order valence-electron chi connectivity index (χ2n) is 9.06. The molecule has 0 aromatic heterocycles. The van der Waals surface area contributed by atoms with E-state index in [1.54, 1.807) is 32.4 Å². The van der Waals surface area contributed by atoms with Crippen molar-refractivity contribution in [2.75, 3.05) is 46.2 Å². The van der Waals surface area contributed by atoms with Gasteiger partial charge in [-0.1, -0.05) is 11.6 Å². The highest BCUT2D eigenvalue weighted by Crippen LogP contribution is 2.32. The van der Waals surface area contributed by atoms with Gasteiger partial charge in [0.05, 0.1) is 30.5 Å². The maximum Gasteiger partial charge on any atom is 0.166 e. The molecular formula is C27H37ClN2O5. The van der Waals surface area contributed by atoms with Crippen LogP contribution in [0.25, 0.3) is 0 Å². The van der Waals surface area contributed by atoms with E-state index in [1.807, 2.05) is 12.1 Å². The molecule has 1 aliphatic rings. The molecule has 0 bridgehead atoms. The van der Waals surface area contributed by atoms with Crippen LogP contribution in [0, 0.1) is 5.92 Å². The van der Waals surface area contributed by atoms with Gasteiger partial charge in [0.1, 0.15) is 23.9 Å². The van der Waals surface area contributed by atoms with Crippen molar-refractivity contribution in [1.29, 1.82) is 0 Å². The van der Waals surface area contributed by atoms with Crippen LogP contribution >= 0.6 is 11.6 Å². The van der Waals surface area contributed by atoms with Gasteiger partial charge in [-0.15, -0.1) is 0 Å². The molecule has 1 saturated heterocycles. The maximum absolute atomic E-state index is 13.1. The van der Waals surface area contributed by atoms with E-state index in [4.69, 9.17) is 36.7 Å². The number of Topliss-reactive ketones (excluding diaryl/α,β-unsaturated/α-hetero) is 1. The van der Waals surface area contributed by atoms with Crippen molar-refractivity contribution in [3.8, 4) is 17.2 Å². The summed E-state index contributed by atoms with van der Waals surface area (Å²) in [5.74, 6) is 2.38. The second kappa shape index (κ2) is 13.6. The lowest BCUT2D eigenvalue weighted by molar-refractivity contribution is 0.0972. The van der Waals surface area contributed by atoms with E-state index in [0.29, 0.717) is 45.9 Å². The molecule has 35 heavy (non-hydrogen) atoms. The summed E-state index contributed by atoms with van der Waals surface area (Å²) in [5.41, 5.74) is 7.66. The SMILES string of the molecule is COc1cc(COc2cc(N)c(Cl)cc2C(=O)CCCCN2CCC(CCO)CC2)cc(OC)c1. The number of piperidine rings is 1. The molecule has 0 radical (unpaired) electrons. The number of hydrogen-bond acceptors (Lipinski definition) is 7. The van der Waals surface area contributed by atoms with E-state index in [-0.39, 0.29) is 19.0 Å². The summed E-state index contributed by atoms with van der Waals surface area (Å²) in [6.07, 6.45) is 5.36. The molecule has 3 rings (SSSR count). The quantitative estimate of drug-likeness (QED) is 0.226. The molecule has 2 aromatic carbocycles. The fraction of sp³-hybridized carbons (Fsp3) is 0.519. The third-order valence-corrected chi connectivity index (χ3v) is 6.90. The van der Waals surface area contributed by atoms with Gasteiger partial charge < -0.3 is 30.0 Å². The van der Waals surface area contributed by atoms with Gasteiger partial charge >= 0.3 is 0 Å². The Kier molecular flexibility index (Phi) is 10.5. The Bertz CT molecular complexity index is 954. The number of ketones is 1. The van der Waals surface area contributed by atoms with E-state index < -0.39 is 0 Å². The number of methoxy groups -OCH3 is 2. The van der Waals surface area contributed by atoms with Crippen LogP contribution in [0.1, 0.15) is 54.4 Å². The van der Waals surface area contributed by atoms with E-state index in [1.165, 1.54) is 0 Å². The maximum atomic E-state index is 13.1. The summed E-state index contributed by atoms with van der Waals surface area (Å²) in [7, 11) is 3.19. The lowest BCUT2D eigenvalue weighted by Gasteiger charge is -2.31. The molecule has 192 valence electrons. The standard InChI is InChI=1S/C27H37ClN2O5/c1-33-21-13-20(14-22(15-21)34-2)18-35-27-17-25(29)24(28)16-23(27)26(32)5-3-4-9-30-10-6-19(7-11-30)8-12-31/h13-17,19,31H,3-12,18,29H2,1-2H3. The molecule has 0 spiro atoms. The van der Waals surface area contributed by atoms with Crippen LogP contribution in [0.3, 0.4) is 0 Å². The fourth-order valence-corrected chi connectivity index (χ4v) is 4.62. The molecule has 1 heterocycles. The Morgan fingerprint density at radius 1 is 1.09 bits per heavy atom. The number of halogens is 1. The van der Waals surface area contributed by atoms with E-state index in [9.17, 15) is 4.79 Å². The fourth-order valence-electron chi connectivity index (χ4n) is 4.45. The first kappa shape index (κ1) is 27.1. The number of ether oxygens (including phenoxy) is 3.